The topological polar surface area (TPSA) is 44.7 Å². The number of halogens is 1. The van der Waals surface area contributed by atoms with Gasteiger partial charge in [0.1, 0.15) is 0 Å². The van der Waals surface area contributed by atoms with E-state index in [2.05, 4.69) is 31.0 Å². The minimum Gasteiger partial charge on any atom is -0.357 e. The van der Waals surface area contributed by atoms with Gasteiger partial charge in [-0.05, 0) is 37.3 Å². The van der Waals surface area contributed by atoms with Crippen LogP contribution in [-0.2, 0) is 10.8 Å². The van der Waals surface area contributed by atoms with Crippen molar-refractivity contribution in [1.29, 1.82) is 0 Å². The van der Waals surface area contributed by atoms with Crippen LogP contribution in [0.1, 0.15) is 27.2 Å². The number of hydrogen-bond donors (Lipinski definition) is 1. The highest BCUT2D eigenvalue weighted by molar-refractivity contribution is 14.0. The number of nitrogens with zero attached hydrogens (tertiary/aromatic N) is 2. The Hall–Kier alpha value is -0.630. The highest BCUT2D eigenvalue weighted by atomic mass is 127. The van der Waals surface area contributed by atoms with Gasteiger partial charge >= 0.3 is 0 Å². The summed E-state index contributed by atoms with van der Waals surface area (Å²) in [6, 6.07) is 9.63. The third-order valence-electron chi connectivity index (χ3n) is 4.05. The van der Waals surface area contributed by atoms with E-state index in [1.165, 1.54) is 6.42 Å². The van der Waals surface area contributed by atoms with Crippen LogP contribution in [0.4, 0.5) is 0 Å². The first-order valence-corrected chi connectivity index (χ1v) is 9.88. The van der Waals surface area contributed by atoms with Gasteiger partial charge in [-0.2, -0.15) is 0 Å². The molecule has 1 heterocycles. The maximum atomic E-state index is 12.3. The fourth-order valence-corrected chi connectivity index (χ4v) is 4.14. The maximum absolute atomic E-state index is 12.3. The first-order valence-electron chi connectivity index (χ1n) is 8.56. The lowest BCUT2D eigenvalue weighted by Gasteiger charge is -2.37. The Kier molecular flexibility index (Phi) is 9.88. The lowest BCUT2D eigenvalue weighted by molar-refractivity contribution is 0.208. The second-order valence-electron chi connectivity index (χ2n) is 6.45. The average Bonchev–Trinajstić information content (AvgIpc) is 2.54. The molecule has 0 bridgehead atoms. The van der Waals surface area contributed by atoms with Crippen LogP contribution < -0.4 is 5.32 Å². The van der Waals surface area contributed by atoms with Gasteiger partial charge in [0.2, 0.25) is 0 Å². The standard InChI is InChI=1S/C18H29N3OS.HI/c1-4-19-18(21-13-15(2)12-16(3)14-21)20-10-11-23(22)17-8-6-5-7-9-17;/h5-9,15-16H,4,10-14H2,1-3H3,(H,19,20);1H. The Morgan fingerprint density at radius 1 is 1.25 bits per heavy atom. The fourth-order valence-electron chi connectivity index (χ4n) is 3.19. The predicted molar refractivity (Wildman–Crippen MR) is 114 cm³/mol. The number of hydrogen-bond acceptors (Lipinski definition) is 2. The Morgan fingerprint density at radius 3 is 2.46 bits per heavy atom. The summed E-state index contributed by atoms with van der Waals surface area (Å²) in [4.78, 5) is 7.95. The van der Waals surface area contributed by atoms with Crippen molar-refractivity contribution >= 4 is 40.7 Å². The van der Waals surface area contributed by atoms with Gasteiger partial charge in [0.05, 0.1) is 17.3 Å². The van der Waals surface area contributed by atoms with Crippen molar-refractivity contribution in [3.8, 4) is 0 Å². The molecular formula is C18H30IN3OS. The Labute approximate surface area is 166 Å². The third kappa shape index (κ3) is 6.70. The van der Waals surface area contributed by atoms with Gasteiger partial charge in [0.15, 0.2) is 5.96 Å². The monoisotopic (exact) mass is 463 g/mol. The second kappa shape index (κ2) is 11.1. The van der Waals surface area contributed by atoms with Gasteiger partial charge in [0.25, 0.3) is 0 Å². The molecule has 1 aliphatic rings. The first kappa shape index (κ1) is 21.4. The van der Waals surface area contributed by atoms with Crippen LogP contribution >= 0.6 is 24.0 Å². The zero-order chi connectivity index (χ0) is 16.7. The number of piperidine rings is 1. The molecule has 1 saturated heterocycles. The molecule has 6 heteroatoms. The molecule has 1 fully saturated rings. The Morgan fingerprint density at radius 2 is 1.88 bits per heavy atom. The highest BCUT2D eigenvalue weighted by Gasteiger charge is 2.23. The van der Waals surface area contributed by atoms with E-state index in [4.69, 9.17) is 4.99 Å². The van der Waals surface area contributed by atoms with Crippen molar-refractivity contribution in [1.82, 2.24) is 10.2 Å². The molecule has 0 aliphatic carbocycles. The number of benzene rings is 1. The second-order valence-corrected chi connectivity index (χ2v) is 8.02. The third-order valence-corrected chi connectivity index (χ3v) is 5.40. The largest absolute Gasteiger partial charge is 0.357 e. The Balaban J connectivity index is 0.00000288. The maximum Gasteiger partial charge on any atom is 0.193 e. The van der Waals surface area contributed by atoms with Crippen molar-refractivity contribution in [2.75, 3.05) is 31.9 Å². The van der Waals surface area contributed by atoms with E-state index in [1.54, 1.807) is 0 Å². The molecule has 3 atom stereocenters. The van der Waals surface area contributed by atoms with E-state index in [1.807, 2.05) is 30.3 Å². The SMILES string of the molecule is CCNC(=NCCS(=O)c1ccccc1)N1CC(C)CC(C)C1.I. The van der Waals surface area contributed by atoms with Crippen molar-refractivity contribution in [2.24, 2.45) is 16.8 Å². The average molecular weight is 463 g/mol. The normalized spacial score (nSPS) is 22.6. The molecule has 2 rings (SSSR count). The van der Waals surface area contributed by atoms with Crippen LogP contribution in [0, 0.1) is 11.8 Å². The van der Waals surface area contributed by atoms with E-state index in [9.17, 15) is 4.21 Å². The molecule has 1 aromatic rings. The van der Waals surface area contributed by atoms with E-state index < -0.39 is 10.8 Å². The van der Waals surface area contributed by atoms with Crippen LogP contribution in [0.15, 0.2) is 40.2 Å². The molecule has 1 aromatic carbocycles. The van der Waals surface area contributed by atoms with Crippen LogP contribution in [-0.4, -0.2) is 47.0 Å². The molecule has 0 saturated carbocycles. The number of aliphatic imine (C=N–C) groups is 1. The molecule has 0 radical (unpaired) electrons. The summed E-state index contributed by atoms with van der Waals surface area (Å²) in [5.74, 6) is 2.93. The smallest absolute Gasteiger partial charge is 0.193 e. The lowest BCUT2D eigenvalue weighted by atomic mass is 9.92. The summed E-state index contributed by atoms with van der Waals surface area (Å²) >= 11 is 0. The van der Waals surface area contributed by atoms with Gasteiger partial charge in [-0.25, -0.2) is 0 Å². The molecule has 4 nitrogen and oxygen atoms in total. The molecule has 3 unspecified atom stereocenters. The summed E-state index contributed by atoms with van der Waals surface area (Å²) in [5, 5.41) is 3.38. The van der Waals surface area contributed by atoms with Crippen molar-refractivity contribution in [3.63, 3.8) is 0 Å². The Bertz CT molecular complexity index is 528. The van der Waals surface area contributed by atoms with E-state index in [0.717, 1.165) is 30.5 Å². The van der Waals surface area contributed by atoms with Crippen LogP contribution in [0.25, 0.3) is 0 Å². The van der Waals surface area contributed by atoms with Crippen molar-refractivity contribution in [3.05, 3.63) is 30.3 Å². The number of nitrogens with one attached hydrogen (secondary N) is 1. The number of rotatable bonds is 5. The molecular weight excluding hydrogens is 433 g/mol. The van der Waals surface area contributed by atoms with Crippen LogP contribution in [0.3, 0.4) is 0 Å². The molecule has 0 amide bonds. The minimum atomic E-state index is -0.976. The molecule has 24 heavy (non-hydrogen) atoms. The molecule has 1 aliphatic heterocycles. The van der Waals surface area contributed by atoms with Gasteiger partial charge < -0.3 is 10.2 Å². The molecule has 0 aromatic heterocycles. The fraction of sp³-hybridized carbons (Fsp3) is 0.611. The molecule has 1 N–H and O–H groups in total. The van der Waals surface area contributed by atoms with Gasteiger partial charge in [-0.3, -0.25) is 9.20 Å². The lowest BCUT2D eigenvalue weighted by Crippen LogP contribution is -2.48. The number of guanidine groups is 1. The number of likely N-dealkylation sites (tertiary alicyclic amines) is 1. The minimum absolute atomic E-state index is 0. The molecule has 136 valence electrons. The quantitative estimate of drug-likeness (QED) is 0.414. The van der Waals surface area contributed by atoms with Gasteiger partial charge in [0, 0.05) is 30.3 Å². The summed E-state index contributed by atoms with van der Waals surface area (Å²) in [6.07, 6.45) is 1.29. The van der Waals surface area contributed by atoms with Gasteiger partial charge in [-0.1, -0.05) is 32.0 Å². The van der Waals surface area contributed by atoms with Crippen LogP contribution in [0.2, 0.25) is 0 Å². The highest BCUT2D eigenvalue weighted by Crippen LogP contribution is 2.20. The van der Waals surface area contributed by atoms with Crippen LogP contribution in [0.5, 0.6) is 0 Å². The summed E-state index contributed by atoms with van der Waals surface area (Å²) in [7, 11) is -0.976. The summed E-state index contributed by atoms with van der Waals surface area (Å²) < 4.78 is 12.3. The molecule has 0 spiro atoms. The van der Waals surface area contributed by atoms with E-state index in [0.29, 0.717) is 24.1 Å². The van der Waals surface area contributed by atoms with Gasteiger partial charge in [-0.15, -0.1) is 24.0 Å². The van der Waals surface area contributed by atoms with E-state index >= 15 is 0 Å². The zero-order valence-corrected chi connectivity index (χ0v) is 18.1. The van der Waals surface area contributed by atoms with Crippen molar-refractivity contribution in [2.45, 2.75) is 32.1 Å². The summed E-state index contributed by atoms with van der Waals surface area (Å²) in [6.45, 7) is 10.3. The first-order chi connectivity index (χ1) is 11.1. The predicted octanol–water partition coefficient (Wildman–Crippen LogP) is 3.36. The summed E-state index contributed by atoms with van der Waals surface area (Å²) in [5.41, 5.74) is 0. The van der Waals surface area contributed by atoms with E-state index in [-0.39, 0.29) is 24.0 Å². The zero-order valence-electron chi connectivity index (χ0n) is 14.9. The van der Waals surface area contributed by atoms with Crippen molar-refractivity contribution < 1.29 is 4.21 Å².